The van der Waals surface area contributed by atoms with Crippen LogP contribution >= 0.6 is 34.4 Å². The van der Waals surface area contributed by atoms with Gasteiger partial charge in [0.1, 0.15) is 0 Å². The van der Waals surface area contributed by atoms with Crippen molar-refractivity contribution in [1.29, 1.82) is 0 Å². The molecule has 1 saturated heterocycles. The lowest BCUT2D eigenvalue weighted by Gasteiger charge is -2.43. The largest absolute Gasteiger partial charge is 0.406 e. The van der Waals surface area contributed by atoms with E-state index in [1.807, 2.05) is 0 Å². The van der Waals surface area contributed by atoms with E-state index < -0.39 is 8.32 Å². The molecule has 2 aromatic rings. The molecule has 1 heterocycles. The van der Waals surface area contributed by atoms with E-state index in [1.165, 1.54) is 22.5 Å². The molecule has 2 aromatic carbocycles. The van der Waals surface area contributed by atoms with E-state index in [0.29, 0.717) is 5.25 Å². The third-order valence-electron chi connectivity index (χ3n) is 4.93. The molecule has 0 spiro atoms. The van der Waals surface area contributed by atoms with Gasteiger partial charge in [-0.3, -0.25) is 0 Å². The standard InChI is InChI=1S/C21H27IOSSi/c1-21(2,3)25(19-10-6-4-7-11-19,20-12-8-5-9-13-20)23-15-18-14-17(22)16-24-18/h4-13,17-18H,14-16H2,1-3H3/t17-,18-/m0/s1. The minimum absolute atomic E-state index is 0.0721. The van der Waals surface area contributed by atoms with E-state index in [2.05, 4.69) is 116 Å². The molecule has 2 atom stereocenters. The van der Waals surface area contributed by atoms with Crippen LogP contribution in [0.1, 0.15) is 27.2 Å². The van der Waals surface area contributed by atoms with Gasteiger partial charge < -0.3 is 4.43 Å². The fraction of sp³-hybridized carbons (Fsp3) is 0.429. The van der Waals surface area contributed by atoms with Crippen LogP contribution in [0, 0.1) is 0 Å². The number of benzene rings is 2. The van der Waals surface area contributed by atoms with Crippen LogP contribution in [-0.4, -0.2) is 29.9 Å². The van der Waals surface area contributed by atoms with E-state index in [0.717, 1.165) is 10.5 Å². The maximum atomic E-state index is 7.01. The monoisotopic (exact) mass is 482 g/mol. The Bertz CT molecular complexity index is 632. The Kier molecular flexibility index (Phi) is 6.35. The van der Waals surface area contributed by atoms with E-state index in [4.69, 9.17) is 4.43 Å². The summed E-state index contributed by atoms with van der Waals surface area (Å²) in [5.74, 6) is 1.26. The minimum atomic E-state index is -2.35. The third kappa shape index (κ3) is 4.17. The van der Waals surface area contributed by atoms with Gasteiger partial charge >= 0.3 is 0 Å². The first kappa shape index (κ1) is 19.5. The number of alkyl halides is 1. The molecule has 1 aliphatic heterocycles. The highest BCUT2D eigenvalue weighted by atomic mass is 127. The van der Waals surface area contributed by atoms with Crippen molar-refractivity contribution in [3.63, 3.8) is 0 Å². The van der Waals surface area contributed by atoms with Crippen LogP contribution in [0.25, 0.3) is 0 Å². The Morgan fingerprint density at radius 2 is 1.52 bits per heavy atom. The van der Waals surface area contributed by atoms with Gasteiger partial charge in [0.05, 0.1) is 0 Å². The smallest absolute Gasteiger partial charge is 0.261 e. The molecule has 0 N–H and O–H groups in total. The van der Waals surface area contributed by atoms with Gasteiger partial charge in [-0.15, -0.1) is 0 Å². The zero-order valence-corrected chi connectivity index (χ0v) is 19.2. The molecule has 0 unspecified atom stereocenters. The number of thioether (sulfide) groups is 1. The summed E-state index contributed by atoms with van der Waals surface area (Å²) in [5.41, 5.74) is 0. The number of halogens is 1. The second-order valence-electron chi connectivity index (χ2n) is 7.76. The summed E-state index contributed by atoms with van der Waals surface area (Å²) in [6.45, 7) is 7.91. The number of hydrogen-bond acceptors (Lipinski definition) is 2. The lowest BCUT2D eigenvalue weighted by molar-refractivity contribution is 0.296. The SMILES string of the molecule is CC(C)(C)[Si](OC[C@@H]1C[C@H](I)CS1)(c1ccccc1)c1ccccc1. The Balaban J connectivity index is 2.02. The summed E-state index contributed by atoms with van der Waals surface area (Å²) in [5, 5.41) is 3.46. The molecule has 25 heavy (non-hydrogen) atoms. The van der Waals surface area contributed by atoms with Crippen molar-refractivity contribution in [3.8, 4) is 0 Å². The molecule has 1 aliphatic rings. The molecule has 134 valence electrons. The summed E-state index contributed by atoms with van der Waals surface area (Å²) < 4.78 is 7.80. The molecule has 3 rings (SSSR count). The zero-order valence-electron chi connectivity index (χ0n) is 15.2. The maximum Gasteiger partial charge on any atom is 0.261 e. The van der Waals surface area contributed by atoms with Crippen molar-refractivity contribution >= 4 is 53.0 Å². The van der Waals surface area contributed by atoms with E-state index in [1.54, 1.807) is 0 Å². The van der Waals surface area contributed by atoms with Crippen molar-refractivity contribution in [3.05, 3.63) is 60.7 Å². The minimum Gasteiger partial charge on any atom is -0.406 e. The Morgan fingerprint density at radius 1 is 1.00 bits per heavy atom. The molecule has 4 heteroatoms. The van der Waals surface area contributed by atoms with Crippen LogP contribution in [0.4, 0.5) is 0 Å². The Labute approximate surface area is 171 Å². The molecule has 1 nitrogen and oxygen atoms in total. The molecule has 0 bridgehead atoms. The average Bonchev–Trinajstić information content (AvgIpc) is 3.02. The van der Waals surface area contributed by atoms with Crippen molar-refractivity contribution in [1.82, 2.24) is 0 Å². The molecule has 0 radical (unpaired) electrons. The van der Waals surface area contributed by atoms with Crippen LogP contribution in [0.5, 0.6) is 0 Å². The van der Waals surface area contributed by atoms with Crippen molar-refractivity contribution in [2.24, 2.45) is 0 Å². The Morgan fingerprint density at radius 3 is 1.92 bits per heavy atom. The first-order valence-electron chi connectivity index (χ1n) is 8.94. The lowest BCUT2D eigenvalue weighted by atomic mass is 10.2. The molecule has 0 amide bonds. The van der Waals surface area contributed by atoms with Gasteiger partial charge in [0.2, 0.25) is 0 Å². The molecule has 0 aliphatic carbocycles. The summed E-state index contributed by atoms with van der Waals surface area (Å²) in [6, 6.07) is 21.9. The van der Waals surface area contributed by atoms with Gasteiger partial charge in [0.25, 0.3) is 8.32 Å². The van der Waals surface area contributed by atoms with Crippen LogP contribution in [0.2, 0.25) is 5.04 Å². The van der Waals surface area contributed by atoms with Gasteiger partial charge in [-0.25, -0.2) is 0 Å². The summed E-state index contributed by atoms with van der Waals surface area (Å²) in [7, 11) is -2.35. The summed E-state index contributed by atoms with van der Waals surface area (Å²) >= 11 is 4.66. The third-order valence-corrected chi connectivity index (χ3v) is 12.9. The molecular weight excluding hydrogens is 455 g/mol. The van der Waals surface area contributed by atoms with Crippen LogP contribution in [-0.2, 0) is 4.43 Å². The van der Waals surface area contributed by atoms with Gasteiger partial charge in [0.15, 0.2) is 0 Å². The van der Waals surface area contributed by atoms with Crippen molar-refractivity contribution < 1.29 is 4.43 Å². The topological polar surface area (TPSA) is 9.23 Å². The van der Waals surface area contributed by atoms with Gasteiger partial charge in [-0.2, -0.15) is 11.8 Å². The highest BCUT2D eigenvalue weighted by Crippen LogP contribution is 2.38. The first-order valence-corrected chi connectivity index (χ1v) is 13.1. The van der Waals surface area contributed by atoms with E-state index in [-0.39, 0.29) is 5.04 Å². The highest BCUT2D eigenvalue weighted by Gasteiger charge is 2.50. The van der Waals surface area contributed by atoms with Crippen LogP contribution < -0.4 is 10.4 Å². The van der Waals surface area contributed by atoms with E-state index >= 15 is 0 Å². The number of rotatable bonds is 5. The normalized spacial score (nSPS) is 21.4. The molecule has 1 fully saturated rings. The predicted molar refractivity (Wildman–Crippen MR) is 122 cm³/mol. The van der Waals surface area contributed by atoms with Crippen LogP contribution in [0.15, 0.2) is 60.7 Å². The quantitative estimate of drug-likeness (QED) is 0.342. The zero-order chi connectivity index (χ0) is 17.9. The maximum absolute atomic E-state index is 7.01. The molecule has 0 saturated carbocycles. The summed E-state index contributed by atoms with van der Waals surface area (Å²) in [6.07, 6.45) is 1.27. The summed E-state index contributed by atoms with van der Waals surface area (Å²) in [4.78, 5) is 0. The first-order chi connectivity index (χ1) is 11.9. The van der Waals surface area contributed by atoms with Gasteiger partial charge in [-0.1, -0.05) is 104 Å². The van der Waals surface area contributed by atoms with Crippen molar-refractivity contribution in [2.45, 2.75) is 41.4 Å². The Hall–Kier alpha value is -0.303. The van der Waals surface area contributed by atoms with Gasteiger partial charge in [0, 0.05) is 21.5 Å². The second-order valence-corrected chi connectivity index (χ2v) is 15.2. The average molecular weight is 483 g/mol. The van der Waals surface area contributed by atoms with Gasteiger partial charge in [-0.05, 0) is 21.8 Å². The lowest BCUT2D eigenvalue weighted by Crippen LogP contribution is -2.67. The van der Waals surface area contributed by atoms with E-state index in [9.17, 15) is 0 Å². The van der Waals surface area contributed by atoms with Crippen LogP contribution in [0.3, 0.4) is 0 Å². The fourth-order valence-corrected chi connectivity index (χ4v) is 11.2. The molecule has 0 aromatic heterocycles. The van der Waals surface area contributed by atoms with Crippen molar-refractivity contribution in [2.75, 3.05) is 12.4 Å². The highest BCUT2D eigenvalue weighted by molar-refractivity contribution is 14.1. The second kappa shape index (κ2) is 8.15. The molecular formula is C21H27IOSSi. The predicted octanol–water partition coefficient (Wildman–Crippen LogP) is 4.87. The number of hydrogen-bond donors (Lipinski definition) is 0. The fourth-order valence-electron chi connectivity index (χ4n) is 3.76.